The van der Waals surface area contributed by atoms with E-state index in [1.807, 2.05) is 6.92 Å². The lowest BCUT2D eigenvalue weighted by Gasteiger charge is -2.30. The van der Waals surface area contributed by atoms with Gasteiger partial charge in [-0.05, 0) is 37.8 Å². The maximum atomic E-state index is 12.9. The molecule has 0 aliphatic carbocycles. The van der Waals surface area contributed by atoms with Crippen LogP contribution in [0.2, 0.25) is 0 Å². The van der Waals surface area contributed by atoms with Crippen molar-refractivity contribution < 1.29 is 13.2 Å². The quantitative estimate of drug-likeness (QED) is 0.757. The van der Waals surface area contributed by atoms with Crippen LogP contribution in [0.5, 0.6) is 0 Å². The number of nitrogens with one attached hydrogen (secondary N) is 1. The summed E-state index contributed by atoms with van der Waals surface area (Å²) in [5, 5.41) is 12.1. The molecule has 1 aliphatic heterocycles. The molecule has 0 spiro atoms. The second kappa shape index (κ2) is 7.81. The molecule has 0 amide bonds. The fraction of sp³-hybridized carbons (Fsp3) is 0.471. The van der Waals surface area contributed by atoms with Gasteiger partial charge in [-0.2, -0.15) is 4.31 Å². The summed E-state index contributed by atoms with van der Waals surface area (Å²) in [5.41, 5.74) is 0.366. The van der Waals surface area contributed by atoms with E-state index < -0.39 is 10.0 Å². The maximum Gasteiger partial charge on any atom is 0.243 e. The molecule has 140 valence electrons. The van der Waals surface area contributed by atoms with Crippen molar-refractivity contribution in [2.75, 3.05) is 25.0 Å². The smallest absolute Gasteiger partial charge is 0.243 e. The van der Waals surface area contributed by atoms with Gasteiger partial charge in [-0.3, -0.25) is 4.79 Å². The predicted molar refractivity (Wildman–Crippen MR) is 101 cm³/mol. The van der Waals surface area contributed by atoms with E-state index in [1.165, 1.54) is 21.7 Å². The van der Waals surface area contributed by atoms with Crippen LogP contribution < -0.4 is 5.32 Å². The van der Waals surface area contributed by atoms with Crippen LogP contribution in [0, 0.1) is 12.8 Å². The van der Waals surface area contributed by atoms with Crippen LogP contribution >= 0.6 is 11.3 Å². The van der Waals surface area contributed by atoms with Gasteiger partial charge < -0.3 is 5.32 Å². The van der Waals surface area contributed by atoms with Gasteiger partial charge in [-0.15, -0.1) is 10.2 Å². The van der Waals surface area contributed by atoms with E-state index in [0.717, 1.165) is 17.8 Å². The summed E-state index contributed by atoms with van der Waals surface area (Å²) in [6, 6.07) is 6.26. The minimum absolute atomic E-state index is 0.0406. The lowest BCUT2D eigenvalue weighted by atomic mass is 10.0. The first kappa shape index (κ1) is 18.9. The Hall–Kier alpha value is -1.84. The molecule has 1 N–H and O–H groups in total. The van der Waals surface area contributed by atoms with E-state index in [9.17, 15) is 13.2 Å². The van der Waals surface area contributed by atoms with Gasteiger partial charge in [0.25, 0.3) is 0 Å². The Bertz CT molecular complexity index is 895. The van der Waals surface area contributed by atoms with Crippen molar-refractivity contribution in [3.63, 3.8) is 0 Å². The number of nitrogens with zero attached hydrogens (tertiary/aromatic N) is 3. The summed E-state index contributed by atoms with van der Waals surface area (Å²) in [7, 11) is -3.57. The van der Waals surface area contributed by atoms with Gasteiger partial charge in [0.2, 0.25) is 15.2 Å². The molecular formula is C17H22N4O3S2. The number of hydrogen-bond donors (Lipinski definition) is 1. The zero-order valence-corrected chi connectivity index (χ0v) is 16.4. The molecule has 0 radical (unpaired) electrons. The predicted octanol–water partition coefficient (Wildman–Crippen LogP) is 2.56. The molecule has 1 aliphatic rings. The standard InChI is InChI=1S/C17H22N4O3S2/c1-12-5-4-8-21(11-12)26(23,24)15-7-3-6-14(9-15)16(22)10-18-17-20-19-13(2)25-17/h3,6-7,9,12H,4-5,8,10-11H2,1-2H3,(H,18,20). The molecule has 1 aromatic heterocycles. The van der Waals surface area contributed by atoms with E-state index in [0.29, 0.717) is 29.7 Å². The number of Topliss-reactive ketones (excluding diaryl/α,β-unsaturated/α-hetero) is 1. The number of benzene rings is 1. The number of aryl methyl sites for hydroxylation is 1. The van der Waals surface area contributed by atoms with Crippen LogP contribution in [0.1, 0.15) is 35.1 Å². The summed E-state index contributed by atoms with van der Waals surface area (Å²) in [5.74, 6) is 0.157. The Morgan fingerprint density at radius 2 is 2.19 bits per heavy atom. The average molecular weight is 395 g/mol. The highest BCUT2D eigenvalue weighted by molar-refractivity contribution is 7.89. The Balaban J connectivity index is 1.73. The molecule has 3 rings (SSSR count). The molecule has 1 unspecified atom stereocenters. The molecule has 0 saturated carbocycles. The summed E-state index contributed by atoms with van der Waals surface area (Å²) >= 11 is 1.36. The number of aromatic nitrogens is 2. The van der Waals surface area contributed by atoms with Crippen LogP contribution in [-0.4, -0.2) is 48.3 Å². The number of ketones is 1. The van der Waals surface area contributed by atoms with E-state index in [-0.39, 0.29) is 17.2 Å². The normalized spacial score (nSPS) is 18.6. The zero-order chi connectivity index (χ0) is 18.7. The van der Waals surface area contributed by atoms with Crippen LogP contribution in [0.3, 0.4) is 0 Å². The van der Waals surface area contributed by atoms with Crippen molar-refractivity contribution in [1.29, 1.82) is 0 Å². The summed E-state index contributed by atoms with van der Waals surface area (Å²) in [6.45, 7) is 4.99. The number of hydrogen-bond acceptors (Lipinski definition) is 7. The van der Waals surface area contributed by atoms with Crippen molar-refractivity contribution >= 4 is 32.3 Å². The van der Waals surface area contributed by atoms with Crippen LogP contribution in [-0.2, 0) is 10.0 Å². The highest BCUT2D eigenvalue weighted by Crippen LogP contribution is 2.24. The monoisotopic (exact) mass is 394 g/mol. The van der Waals surface area contributed by atoms with Gasteiger partial charge in [0.05, 0.1) is 11.4 Å². The second-order valence-corrected chi connectivity index (χ2v) is 9.66. The van der Waals surface area contributed by atoms with E-state index in [1.54, 1.807) is 18.2 Å². The highest BCUT2D eigenvalue weighted by Gasteiger charge is 2.29. The molecule has 1 aromatic carbocycles. The van der Waals surface area contributed by atoms with E-state index >= 15 is 0 Å². The molecule has 2 heterocycles. The van der Waals surface area contributed by atoms with Gasteiger partial charge in [-0.25, -0.2) is 8.42 Å². The van der Waals surface area contributed by atoms with E-state index in [4.69, 9.17) is 0 Å². The number of anilines is 1. The molecule has 9 heteroatoms. The number of sulfonamides is 1. The van der Waals surface area contributed by atoms with Gasteiger partial charge in [0, 0.05) is 18.7 Å². The Morgan fingerprint density at radius 3 is 2.88 bits per heavy atom. The van der Waals surface area contributed by atoms with Crippen molar-refractivity contribution in [3.8, 4) is 0 Å². The van der Waals surface area contributed by atoms with Crippen molar-refractivity contribution in [1.82, 2.24) is 14.5 Å². The van der Waals surface area contributed by atoms with Crippen LogP contribution in [0.15, 0.2) is 29.2 Å². The largest absolute Gasteiger partial charge is 0.353 e. The lowest BCUT2D eigenvalue weighted by Crippen LogP contribution is -2.39. The number of carbonyl (C=O) groups is 1. The Morgan fingerprint density at radius 1 is 1.38 bits per heavy atom. The number of rotatable bonds is 6. The van der Waals surface area contributed by atoms with Gasteiger partial charge in [0.15, 0.2) is 5.78 Å². The van der Waals surface area contributed by atoms with Crippen LogP contribution in [0.25, 0.3) is 0 Å². The van der Waals surface area contributed by atoms with Crippen molar-refractivity contribution in [2.45, 2.75) is 31.6 Å². The third-order valence-corrected chi connectivity index (χ3v) is 7.00. The molecule has 0 bridgehead atoms. The lowest BCUT2D eigenvalue weighted by molar-refractivity contribution is 0.101. The van der Waals surface area contributed by atoms with Crippen molar-refractivity contribution in [3.05, 3.63) is 34.8 Å². The Labute approximate surface area is 157 Å². The molecule has 1 atom stereocenters. The van der Waals surface area contributed by atoms with Gasteiger partial charge in [-0.1, -0.05) is 30.4 Å². The second-order valence-electron chi connectivity index (χ2n) is 6.54. The maximum absolute atomic E-state index is 12.9. The molecule has 7 nitrogen and oxygen atoms in total. The third kappa shape index (κ3) is 4.28. The van der Waals surface area contributed by atoms with Gasteiger partial charge >= 0.3 is 0 Å². The summed E-state index contributed by atoms with van der Waals surface area (Å²) in [6.07, 6.45) is 1.91. The fourth-order valence-electron chi connectivity index (χ4n) is 2.97. The first-order valence-corrected chi connectivity index (χ1v) is 10.8. The topological polar surface area (TPSA) is 92.3 Å². The van der Waals surface area contributed by atoms with Crippen molar-refractivity contribution in [2.24, 2.45) is 5.92 Å². The first-order chi connectivity index (χ1) is 12.4. The zero-order valence-electron chi connectivity index (χ0n) is 14.8. The van der Waals surface area contributed by atoms with Crippen LogP contribution in [0.4, 0.5) is 5.13 Å². The SMILES string of the molecule is Cc1nnc(NCC(=O)c2cccc(S(=O)(=O)N3CCCC(C)C3)c2)s1. The average Bonchev–Trinajstić information content (AvgIpc) is 3.05. The minimum atomic E-state index is -3.57. The molecule has 1 fully saturated rings. The first-order valence-electron chi connectivity index (χ1n) is 8.53. The molecular weight excluding hydrogens is 372 g/mol. The highest BCUT2D eigenvalue weighted by atomic mass is 32.2. The van der Waals surface area contributed by atoms with E-state index in [2.05, 4.69) is 22.4 Å². The molecule has 26 heavy (non-hydrogen) atoms. The van der Waals surface area contributed by atoms with Gasteiger partial charge in [0.1, 0.15) is 5.01 Å². The third-order valence-electron chi connectivity index (χ3n) is 4.34. The number of piperidine rings is 1. The number of carbonyl (C=O) groups excluding carboxylic acids is 1. The Kier molecular flexibility index (Phi) is 5.69. The minimum Gasteiger partial charge on any atom is -0.353 e. The summed E-state index contributed by atoms with van der Waals surface area (Å²) in [4.78, 5) is 12.6. The fourth-order valence-corrected chi connectivity index (χ4v) is 5.20. The summed E-state index contributed by atoms with van der Waals surface area (Å²) < 4.78 is 27.3. The molecule has 1 saturated heterocycles. The molecule has 2 aromatic rings.